The van der Waals surface area contributed by atoms with Gasteiger partial charge in [-0.3, -0.25) is 14.4 Å². The molecule has 8 heteroatoms. The zero-order valence-electron chi connectivity index (χ0n) is 15.9. The molecule has 1 atom stereocenters. The Morgan fingerprint density at radius 1 is 1.41 bits per heavy atom. The van der Waals surface area contributed by atoms with E-state index in [1.54, 1.807) is 30.2 Å². The summed E-state index contributed by atoms with van der Waals surface area (Å²) in [5.41, 5.74) is 2.10. The Morgan fingerprint density at radius 2 is 2.22 bits per heavy atom. The maximum Gasteiger partial charge on any atom is 0.238 e. The van der Waals surface area contributed by atoms with Gasteiger partial charge in [-0.1, -0.05) is 13.8 Å². The van der Waals surface area contributed by atoms with Crippen molar-refractivity contribution in [3.05, 3.63) is 42.2 Å². The van der Waals surface area contributed by atoms with E-state index in [0.717, 1.165) is 30.7 Å². The van der Waals surface area contributed by atoms with Crippen molar-refractivity contribution in [3.63, 3.8) is 0 Å². The van der Waals surface area contributed by atoms with Crippen molar-refractivity contribution in [2.75, 3.05) is 18.4 Å². The van der Waals surface area contributed by atoms with E-state index in [0.29, 0.717) is 11.2 Å². The molecule has 1 aromatic carbocycles. The Bertz CT molecular complexity index is 918. The topological polar surface area (TPSA) is 78.8 Å². The van der Waals surface area contributed by atoms with Gasteiger partial charge in [0.25, 0.3) is 0 Å². The van der Waals surface area contributed by atoms with E-state index >= 15 is 0 Å². The van der Waals surface area contributed by atoms with E-state index in [2.05, 4.69) is 25.3 Å². The van der Waals surface area contributed by atoms with Gasteiger partial charge in [0, 0.05) is 13.2 Å². The number of nitrogens with one attached hydrogen (secondary N) is 2. The number of anilines is 1. The van der Waals surface area contributed by atoms with Crippen LogP contribution >= 0.6 is 0 Å². The zero-order chi connectivity index (χ0) is 19.4. The number of aromatic amines is 1. The molecular weight excluding hydrogens is 347 g/mol. The number of fused-ring (bicyclic) bond motifs is 1. The number of nitrogens with zero attached hydrogens (tertiary/aromatic N) is 4. The van der Waals surface area contributed by atoms with E-state index in [-0.39, 0.29) is 24.3 Å². The summed E-state index contributed by atoms with van der Waals surface area (Å²) in [4.78, 5) is 22.2. The lowest BCUT2D eigenvalue weighted by Crippen LogP contribution is -2.33. The molecule has 1 unspecified atom stereocenters. The molecule has 4 rings (SSSR count). The molecule has 0 saturated carbocycles. The minimum atomic E-state index is -0.290. The molecule has 1 amide bonds. The number of benzene rings is 1. The minimum Gasteiger partial charge on any atom is -0.341 e. The van der Waals surface area contributed by atoms with Crippen LogP contribution in [-0.2, 0) is 11.8 Å². The highest BCUT2D eigenvalue weighted by Crippen LogP contribution is 2.31. The van der Waals surface area contributed by atoms with Gasteiger partial charge < -0.3 is 10.3 Å². The number of carbonyl (C=O) groups is 1. The molecule has 1 aliphatic rings. The van der Waals surface area contributed by atoms with Crippen molar-refractivity contribution in [2.24, 2.45) is 7.05 Å². The van der Waals surface area contributed by atoms with Gasteiger partial charge >= 0.3 is 0 Å². The quantitative estimate of drug-likeness (QED) is 0.737. The summed E-state index contributed by atoms with van der Waals surface area (Å²) >= 11 is 0. The van der Waals surface area contributed by atoms with Crippen LogP contribution in [0.2, 0.25) is 0 Å². The predicted octanol–water partition coefficient (Wildman–Crippen LogP) is 3.24. The number of aryl methyl sites for hydroxylation is 1. The first-order chi connectivity index (χ1) is 13.1. The fourth-order valence-electron chi connectivity index (χ4n) is 3.36. The Hall–Kier alpha value is -2.74. The van der Waals surface area contributed by atoms with Crippen LogP contribution in [0.25, 0.3) is 11.0 Å². The van der Waals surface area contributed by atoms with Crippen molar-refractivity contribution in [3.8, 4) is 0 Å². The number of imidazole rings is 1. The van der Waals surface area contributed by atoms with Gasteiger partial charge in [-0.2, -0.15) is 5.10 Å². The second-order valence-electron chi connectivity index (χ2n) is 6.36. The number of likely N-dealkylation sites (tertiary alicyclic amines) is 1. The van der Waals surface area contributed by atoms with Crippen molar-refractivity contribution < 1.29 is 9.18 Å². The summed E-state index contributed by atoms with van der Waals surface area (Å²) in [6.07, 6.45) is 5.29. The first-order valence-corrected chi connectivity index (χ1v) is 9.26. The molecule has 1 aliphatic heterocycles. The van der Waals surface area contributed by atoms with Gasteiger partial charge in [0.15, 0.2) is 0 Å². The highest BCUT2D eigenvalue weighted by atomic mass is 19.1. The molecule has 7 nitrogen and oxygen atoms in total. The van der Waals surface area contributed by atoms with Crippen LogP contribution in [-0.4, -0.2) is 43.6 Å². The number of aromatic nitrogens is 4. The van der Waals surface area contributed by atoms with Crippen molar-refractivity contribution in [1.29, 1.82) is 0 Å². The number of rotatable bonds is 4. The molecule has 2 N–H and O–H groups in total. The predicted molar refractivity (Wildman–Crippen MR) is 103 cm³/mol. The maximum absolute atomic E-state index is 13.4. The minimum absolute atomic E-state index is 0.0371. The second-order valence-corrected chi connectivity index (χ2v) is 6.36. The number of carbonyl (C=O) groups excluding carboxylic acids is 1. The highest BCUT2D eigenvalue weighted by Gasteiger charge is 2.30. The molecule has 0 spiro atoms. The van der Waals surface area contributed by atoms with Crippen molar-refractivity contribution in [2.45, 2.75) is 32.7 Å². The third-order valence-corrected chi connectivity index (χ3v) is 4.48. The smallest absolute Gasteiger partial charge is 0.238 e. The van der Waals surface area contributed by atoms with Gasteiger partial charge in [-0.05, 0) is 37.6 Å². The highest BCUT2D eigenvalue weighted by molar-refractivity contribution is 5.92. The van der Waals surface area contributed by atoms with Crippen molar-refractivity contribution in [1.82, 2.24) is 24.6 Å². The lowest BCUT2D eigenvalue weighted by atomic mass is 10.2. The van der Waals surface area contributed by atoms with E-state index < -0.39 is 0 Å². The standard InChI is InChI=1S/C17H19FN6O.C2H6/c1-23-9-12(8-19-23)20-16(25)10-24-6-2-3-15(24)17-21-13-5-4-11(18)7-14(13)22-17;1-2/h4-5,7-9,15H,2-3,6,10H2,1H3,(H,20,25)(H,21,22);1-2H3. The average molecular weight is 372 g/mol. The van der Waals surface area contributed by atoms with E-state index in [1.165, 1.54) is 12.1 Å². The number of hydrogen-bond donors (Lipinski definition) is 2. The first kappa shape index (κ1) is 19.0. The fourth-order valence-corrected chi connectivity index (χ4v) is 3.36. The van der Waals surface area contributed by atoms with Crippen LogP contribution in [0.15, 0.2) is 30.6 Å². The number of hydrogen-bond acceptors (Lipinski definition) is 4. The monoisotopic (exact) mass is 372 g/mol. The Balaban J connectivity index is 0.00000102. The summed E-state index contributed by atoms with van der Waals surface area (Å²) in [6, 6.07) is 4.55. The molecule has 3 aromatic rings. The molecule has 1 saturated heterocycles. The molecule has 0 radical (unpaired) electrons. The van der Waals surface area contributed by atoms with Gasteiger partial charge in [0.1, 0.15) is 11.6 Å². The third-order valence-electron chi connectivity index (χ3n) is 4.48. The number of halogens is 1. The van der Waals surface area contributed by atoms with Crippen LogP contribution in [0.4, 0.5) is 10.1 Å². The van der Waals surface area contributed by atoms with Gasteiger partial charge in [-0.15, -0.1) is 0 Å². The van der Waals surface area contributed by atoms with Crippen LogP contribution in [0.1, 0.15) is 38.6 Å². The van der Waals surface area contributed by atoms with Gasteiger partial charge in [0.05, 0.1) is 35.5 Å². The van der Waals surface area contributed by atoms with Gasteiger partial charge in [0.2, 0.25) is 5.91 Å². The zero-order valence-corrected chi connectivity index (χ0v) is 15.9. The summed E-state index contributed by atoms with van der Waals surface area (Å²) < 4.78 is 15.0. The summed E-state index contributed by atoms with van der Waals surface area (Å²) in [5, 5.41) is 6.89. The number of amides is 1. The molecule has 3 heterocycles. The molecule has 0 aliphatic carbocycles. The van der Waals surface area contributed by atoms with Crippen LogP contribution in [0.3, 0.4) is 0 Å². The second kappa shape index (κ2) is 8.30. The Morgan fingerprint density at radius 3 is 2.96 bits per heavy atom. The number of H-pyrrole nitrogens is 1. The van der Waals surface area contributed by atoms with E-state index in [4.69, 9.17) is 0 Å². The summed E-state index contributed by atoms with van der Waals surface area (Å²) in [7, 11) is 1.80. The lowest BCUT2D eigenvalue weighted by molar-refractivity contribution is -0.117. The summed E-state index contributed by atoms with van der Waals surface area (Å²) in [6.45, 7) is 5.11. The SMILES string of the molecule is CC.Cn1cc(NC(=O)CN2CCCC2c2nc3ccc(F)cc3[nH]2)cn1. The summed E-state index contributed by atoms with van der Waals surface area (Å²) in [5.74, 6) is 0.413. The maximum atomic E-state index is 13.4. The van der Waals surface area contributed by atoms with E-state index in [1.807, 2.05) is 13.8 Å². The van der Waals surface area contributed by atoms with Crippen LogP contribution < -0.4 is 5.32 Å². The molecule has 1 fully saturated rings. The Labute approximate surface area is 157 Å². The lowest BCUT2D eigenvalue weighted by Gasteiger charge is -2.21. The third kappa shape index (κ3) is 4.33. The first-order valence-electron chi connectivity index (χ1n) is 9.26. The molecule has 144 valence electrons. The van der Waals surface area contributed by atoms with Crippen LogP contribution in [0, 0.1) is 5.82 Å². The fraction of sp³-hybridized carbons (Fsp3) is 0.421. The average Bonchev–Trinajstić information content (AvgIpc) is 3.36. The van der Waals surface area contributed by atoms with Crippen LogP contribution in [0.5, 0.6) is 0 Å². The molecule has 2 aromatic heterocycles. The molecule has 0 bridgehead atoms. The normalized spacial score (nSPS) is 17.0. The molecular formula is C19H25FN6O. The van der Waals surface area contributed by atoms with E-state index in [9.17, 15) is 9.18 Å². The Kier molecular flexibility index (Phi) is 5.85. The largest absolute Gasteiger partial charge is 0.341 e. The van der Waals surface area contributed by atoms with Gasteiger partial charge in [-0.25, -0.2) is 9.37 Å². The molecule has 27 heavy (non-hydrogen) atoms. The van der Waals surface area contributed by atoms with Crippen molar-refractivity contribution >= 4 is 22.6 Å².